The number of amides is 2. The van der Waals surface area contributed by atoms with E-state index in [2.05, 4.69) is 20.6 Å². The minimum absolute atomic E-state index is 0.0307. The molecule has 3 rings (SSSR count). The van der Waals surface area contributed by atoms with Gasteiger partial charge >= 0.3 is 5.97 Å². The number of nitrogens with one attached hydrogen (secondary N) is 2. The van der Waals surface area contributed by atoms with Crippen LogP contribution >= 0.6 is 0 Å². The highest BCUT2D eigenvalue weighted by atomic mass is 16.4. The van der Waals surface area contributed by atoms with Crippen molar-refractivity contribution in [1.29, 1.82) is 0 Å². The van der Waals surface area contributed by atoms with Crippen molar-refractivity contribution in [2.75, 3.05) is 0 Å². The first-order valence-electron chi connectivity index (χ1n) is 9.47. The molecule has 0 bridgehead atoms. The number of carboxylic acid groups (broad SMARTS) is 1. The average molecular weight is 406 g/mol. The molecule has 0 spiro atoms. The first-order valence-corrected chi connectivity index (χ1v) is 9.47. The zero-order chi connectivity index (χ0) is 21.5. The van der Waals surface area contributed by atoms with Crippen LogP contribution < -0.4 is 10.6 Å². The maximum atomic E-state index is 12.8. The normalized spacial score (nSPS) is 12.7. The Morgan fingerprint density at radius 1 is 0.900 bits per heavy atom. The number of hydrogen-bond acceptors (Lipinski definition) is 5. The molecule has 8 heteroatoms. The molecular weight excluding hydrogens is 384 g/mol. The van der Waals surface area contributed by atoms with Crippen molar-refractivity contribution in [2.24, 2.45) is 0 Å². The Bertz CT molecular complexity index is 1060. The number of carboxylic acids is 1. The van der Waals surface area contributed by atoms with Crippen molar-refractivity contribution in [2.45, 2.75) is 31.8 Å². The Labute approximate surface area is 173 Å². The van der Waals surface area contributed by atoms with Crippen molar-refractivity contribution >= 4 is 28.8 Å². The zero-order valence-corrected chi connectivity index (χ0v) is 16.4. The number of nitrogens with zero attached hydrogens (tertiary/aromatic N) is 2. The van der Waals surface area contributed by atoms with Gasteiger partial charge in [0.05, 0.1) is 16.7 Å². The summed E-state index contributed by atoms with van der Waals surface area (Å²) in [4.78, 5) is 44.8. The molecule has 2 amide bonds. The fraction of sp³-hybridized carbons (Fsp3) is 0.227. The van der Waals surface area contributed by atoms with Crippen molar-refractivity contribution in [1.82, 2.24) is 20.6 Å². The second-order valence-electron chi connectivity index (χ2n) is 6.90. The lowest BCUT2D eigenvalue weighted by atomic mass is 10.0. The van der Waals surface area contributed by atoms with Gasteiger partial charge in [-0.15, -0.1) is 0 Å². The van der Waals surface area contributed by atoms with E-state index in [0.29, 0.717) is 16.7 Å². The fourth-order valence-corrected chi connectivity index (χ4v) is 3.08. The maximum absolute atomic E-state index is 12.8. The van der Waals surface area contributed by atoms with Crippen LogP contribution in [-0.2, 0) is 27.2 Å². The Morgan fingerprint density at radius 3 is 2.23 bits per heavy atom. The third kappa shape index (κ3) is 5.60. The predicted molar refractivity (Wildman–Crippen MR) is 111 cm³/mol. The van der Waals surface area contributed by atoms with Crippen LogP contribution in [0, 0.1) is 0 Å². The van der Waals surface area contributed by atoms with Gasteiger partial charge in [0, 0.05) is 26.0 Å². The summed E-state index contributed by atoms with van der Waals surface area (Å²) < 4.78 is 0. The van der Waals surface area contributed by atoms with Crippen molar-refractivity contribution in [3.63, 3.8) is 0 Å². The lowest BCUT2D eigenvalue weighted by molar-refractivity contribution is -0.142. The van der Waals surface area contributed by atoms with Crippen LogP contribution in [0.2, 0.25) is 0 Å². The number of carbonyl (C=O) groups is 3. The summed E-state index contributed by atoms with van der Waals surface area (Å²) in [5.41, 5.74) is 2.63. The second kappa shape index (κ2) is 9.60. The van der Waals surface area contributed by atoms with Gasteiger partial charge in [0.15, 0.2) is 0 Å². The number of para-hydroxylation sites is 2. The molecule has 2 atom stereocenters. The van der Waals surface area contributed by atoms with Gasteiger partial charge in [-0.3, -0.25) is 14.6 Å². The molecule has 3 N–H and O–H groups in total. The van der Waals surface area contributed by atoms with Crippen LogP contribution in [0.1, 0.15) is 18.2 Å². The zero-order valence-electron chi connectivity index (χ0n) is 16.4. The first-order chi connectivity index (χ1) is 14.4. The Morgan fingerprint density at radius 2 is 1.57 bits per heavy atom. The molecule has 0 radical (unpaired) electrons. The van der Waals surface area contributed by atoms with E-state index in [1.54, 1.807) is 6.07 Å². The molecule has 1 heterocycles. The summed E-state index contributed by atoms with van der Waals surface area (Å²) in [7, 11) is 0. The second-order valence-corrected chi connectivity index (χ2v) is 6.90. The van der Waals surface area contributed by atoms with Crippen LogP contribution in [0.5, 0.6) is 0 Å². The molecular formula is C22H22N4O4. The van der Waals surface area contributed by atoms with E-state index in [9.17, 15) is 19.5 Å². The van der Waals surface area contributed by atoms with Gasteiger partial charge in [-0.25, -0.2) is 9.78 Å². The van der Waals surface area contributed by atoms with E-state index >= 15 is 0 Å². The molecule has 2 aromatic carbocycles. The molecule has 0 saturated carbocycles. The van der Waals surface area contributed by atoms with Gasteiger partial charge in [-0.05, 0) is 17.7 Å². The topological polar surface area (TPSA) is 121 Å². The van der Waals surface area contributed by atoms with Crippen LogP contribution in [-0.4, -0.2) is 44.9 Å². The Balaban J connectivity index is 1.74. The van der Waals surface area contributed by atoms with E-state index in [0.717, 1.165) is 5.56 Å². The Kier molecular flexibility index (Phi) is 6.69. The minimum atomic E-state index is -1.21. The highest BCUT2D eigenvalue weighted by Crippen LogP contribution is 2.10. The fourth-order valence-electron chi connectivity index (χ4n) is 3.08. The highest BCUT2D eigenvalue weighted by molar-refractivity contribution is 5.90. The summed E-state index contributed by atoms with van der Waals surface area (Å²) in [6, 6.07) is 14.3. The average Bonchev–Trinajstić information content (AvgIpc) is 2.73. The Hall–Kier alpha value is -3.81. The van der Waals surface area contributed by atoms with Gasteiger partial charge in [-0.2, -0.15) is 0 Å². The number of aliphatic carboxylic acids is 1. The SMILES string of the molecule is CC(=O)N[C@@H](Cc1ccccc1)C(=O)N[C@@H](Cc1cnc2ccccc2n1)C(=O)O. The molecule has 0 aliphatic heterocycles. The molecule has 0 unspecified atom stereocenters. The number of hydrogen-bond donors (Lipinski definition) is 3. The smallest absolute Gasteiger partial charge is 0.326 e. The number of carbonyl (C=O) groups excluding carboxylic acids is 2. The highest BCUT2D eigenvalue weighted by Gasteiger charge is 2.27. The lowest BCUT2D eigenvalue weighted by Gasteiger charge is -2.21. The molecule has 0 fully saturated rings. The van der Waals surface area contributed by atoms with Crippen LogP contribution in [0.25, 0.3) is 11.0 Å². The van der Waals surface area contributed by atoms with E-state index in [1.807, 2.05) is 48.5 Å². The van der Waals surface area contributed by atoms with Crippen LogP contribution in [0.15, 0.2) is 60.8 Å². The van der Waals surface area contributed by atoms with E-state index < -0.39 is 24.0 Å². The standard InChI is InChI=1S/C22H22N4O4/c1-14(27)24-19(11-15-7-3-2-4-8-15)21(28)26-20(22(29)30)12-16-13-23-17-9-5-6-10-18(17)25-16/h2-10,13,19-20H,11-12H2,1H3,(H,24,27)(H,26,28)(H,29,30)/t19-,20-/m0/s1. The monoisotopic (exact) mass is 406 g/mol. The van der Waals surface area contributed by atoms with E-state index in [-0.39, 0.29) is 18.7 Å². The molecule has 3 aromatic rings. The van der Waals surface area contributed by atoms with Gasteiger partial charge in [0.2, 0.25) is 11.8 Å². The lowest BCUT2D eigenvalue weighted by Crippen LogP contribution is -2.52. The number of benzene rings is 2. The molecule has 8 nitrogen and oxygen atoms in total. The van der Waals surface area contributed by atoms with Crippen molar-refractivity contribution < 1.29 is 19.5 Å². The third-order valence-corrected chi connectivity index (χ3v) is 4.50. The summed E-state index contributed by atoms with van der Waals surface area (Å²) in [5, 5.41) is 14.7. The molecule has 30 heavy (non-hydrogen) atoms. The van der Waals surface area contributed by atoms with Crippen molar-refractivity contribution in [3.8, 4) is 0 Å². The third-order valence-electron chi connectivity index (χ3n) is 4.50. The van der Waals surface area contributed by atoms with Crippen LogP contribution in [0.3, 0.4) is 0 Å². The van der Waals surface area contributed by atoms with Crippen LogP contribution in [0.4, 0.5) is 0 Å². The number of aromatic nitrogens is 2. The number of rotatable bonds is 8. The van der Waals surface area contributed by atoms with Gasteiger partial charge in [0.1, 0.15) is 12.1 Å². The number of fused-ring (bicyclic) bond motifs is 1. The van der Waals surface area contributed by atoms with Gasteiger partial charge in [0.25, 0.3) is 0 Å². The van der Waals surface area contributed by atoms with Gasteiger partial charge in [-0.1, -0.05) is 42.5 Å². The first kappa shape index (κ1) is 20.9. The van der Waals surface area contributed by atoms with E-state index in [1.165, 1.54) is 13.1 Å². The summed E-state index contributed by atoms with van der Waals surface area (Å²) >= 11 is 0. The summed E-state index contributed by atoms with van der Waals surface area (Å²) in [6.45, 7) is 1.31. The molecule has 0 saturated heterocycles. The largest absolute Gasteiger partial charge is 0.480 e. The summed E-state index contributed by atoms with van der Waals surface area (Å²) in [6.07, 6.45) is 1.71. The summed E-state index contributed by atoms with van der Waals surface area (Å²) in [5.74, 6) is -2.15. The van der Waals surface area contributed by atoms with Crippen molar-refractivity contribution in [3.05, 3.63) is 72.1 Å². The van der Waals surface area contributed by atoms with E-state index in [4.69, 9.17) is 0 Å². The predicted octanol–water partition coefficient (Wildman–Crippen LogP) is 1.49. The van der Waals surface area contributed by atoms with Gasteiger partial charge < -0.3 is 15.7 Å². The molecule has 154 valence electrons. The maximum Gasteiger partial charge on any atom is 0.326 e. The molecule has 0 aliphatic rings. The quantitative estimate of drug-likeness (QED) is 0.521. The minimum Gasteiger partial charge on any atom is -0.480 e. The molecule has 0 aliphatic carbocycles. The molecule has 1 aromatic heterocycles.